The second kappa shape index (κ2) is 9.72. The molecule has 0 unspecified atom stereocenters. The van der Waals surface area contributed by atoms with Crippen molar-refractivity contribution in [2.24, 2.45) is 0 Å². The molecule has 0 aliphatic heterocycles. The molecule has 0 fully saturated rings. The number of ether oxygens (including phenoxy) is 1. The predicted octanol–water partition coefficient (Wildman–Crippen LogP) is 5.53. The Kier molecular flexibility index (Phi) is 7.04. The summed E-state index contributed by atoms with van der Waals surface area (Å²) in [5, 5.41) is 5.90. The standard InChI is InChI=1S/C22H18ClFN2O4S/c1-3-30-22(29)17-12(2)18(20(28)25-16-9-5-7-14(23)11-16)31-21(17)26-19(27)13-6-4-8-15(24)10-13/h4-11H,3H2,1-2H3,(H,25,28)(H,26,27). The molecule has 0 saturated carbocycles. The average Bonchev–Trinajstić information content (AvgIpc) is 3.04. The third-order valence-electron chi connectivity index (χ3n) is 4.23. The lowest BCUT2D eigenvalue weighted by Gasteiger charge is -2.07. The Morgan fingerprint density at radius 1 is 1.06 bits per heavy atom. The molecule has 1 heterocycles. The van der Waals surface area contributed by atoms with Crippen LogP contribution in [0.5, 0.6) is 0 Å². The SMILES string of the molecule is CCOC(=O)c1c(NC(=O)c2cccc(F)c2)sc(C(=O)Nc2cccc(Cl)c2)c1C. The summed E-state index contributed by atoms with van der Waals surface area (Å²) in [5.74, 6) is -2.33. The van der Waals surface area contributed by atoms with E-state index in [4.69, 9.17) is 16.3 Å². The van der Waals surface area contributed by atoms with Gasteiger partial charge in [-0.05, 0) is 55.8 Å². The highest BCUT2D eigenvalue weighted by molar-refractivity contribution is 7.19. The van der Waals surface area contributed by atoms with E-state index in [1.165, 1.54) is 18.2 Å². The maximum Gasteiger partial charge on any atom is 0.341 e. The topological polar surface area (TPSA) is 84.5 Å². The van der Waals surface area contributed by atoms with Crippen LogP contribution in [-0.2, 0) is 4.74 Å². The molecular weight excluding hydrogens is 443 g/mol. The molecule has 0 aliphatic rings. The van der Waals surface area contributed by atoms with Gasteiger partial charge < -0.3 is 15.4 Å². The summed E-state index contributed by atoms with van der Waals surface area (Å²) in [6, 6.07) is 11.8. The number of anilines is 2. The maximum absolute atomic E-state index is 13.5. The summed E-state index contributed by atoms with van der Waals surface area (Å²) < 4.78 is 18.6. The maximum atomic E-state index is 13.5. The number of carbonyl (C=O) groups excluding carboxylic acids is 3. The van der Waals surface area contributed by atoms with Gasteiger partial charge in [0.25, 0.3) is 11.8 Å². The molecule has 1 aromatic heterocycles. The molecule has 2 N–H and O–H groups in total. The second-order valence-corrected chi connectivity index (χ2v) is 7.87. The van der Waals surface area contributed by atoms with Crippen LogP contribution in [0.4, 0.5) is 15.1 Å². The van der Waals surface area contributed by atoms with Crippen molar-refractivity contribution in [3.63, 3.8) is 0 Å². The quantitative estimate of drug-likeness (QED) is 0.473. The predicted molar refractivity (Wildman–Crippen MR) is 119 cm³/mol. The van der Waals surface area contributed by atoms with Gasteiger partial charge in [0, 0.05) is 16.3 Å². The first-order valence-corrected chi connectivity index (χ1v) is 10.4. The first-order valence-electron chi connectivity index (χ1n) is 9.24. The van der Waals surface area contributed by atoms with Crippen molar-refractivity contribution in [1.82, 2.24) is 0 Å². The molecule has 3 aromatic rings. The number of esters is 1. The van der Waals surface area contributed by atoms with Gasteiger partial charge in [0.05, 0.1) is 17.0 Å². The number of hydrogen-bond acceptors (Lipinski definition) is 5. The van der Waals surface area contributed by atoms with Crippen molar-refractivity contribution >= 4 is 51.4 Å². The van der Waals surface area contributed by atoms with Crippen LogP contribution in [0, 0.1) is 12.7 Å². The summed E-state index contributed by atoms with van der Waals surface area (Å²) in [6.45, 7) is 3.36. The third-order valence-corrected chi connectivity index (χ3v) is 5.67. The summed E-state index contributed by atoms with van der Waals surface area (Å²) in [7, 11) is 0. The Morgan fingerprint density at radius 2 is 1.81 bits per heavy atom. The molecule has 160 valence electrons. The van der Waals surface area contributed by atoms with Crippen LogP contribution in [0.15, 0.2) is 48.5 Å². The summed E-state index contributed by atoms with van der Waals surface area (Å²) in [6.07, 6.45) is 0. The zero-order valence-corrected chi connectivity index (χ0v) is 18.2. The van der Waals surface area contributed by atoms with Gasteiger partial charge >= 0.3 is 5.97 Å². The highest BCUT2D eigenvalue weighted by atomic mass is 35.5. The third kappa shape index (κ3) is 5.28. The molecule has 0 bridgehead atoms. The number of rotatable bonds is 6. The molecule has 2 amide bonds. The molecule has 0 radical (unpaired) electrons. The molecule has 0 saturated heterocycles. The number of carbonyl (C=O) groups is 3. The van der Waals surface area contributed by atoms with Crippen LogP contribution in [0.25, 0.3) is 0 Å². The van der Waals surface area contributed by atoms with E-state index in [1.807, 2.05) is 0 Å². The van der Waals surface area contributed by atoms with Crippen molar-refractivity contribution in [2.75, 3.05) is 17.2 Å². The van der Waals surface area contributed by atoms with Gasteiger partial charge in [-0.2, -0.15) is 0 Å². The first kappa shape index (κ1) is 22.5. The zero-order chi connectivity index (χ0) is 22.5. The van der Waals surface area contributed by atoms with E-state index < -0.39 is 23.6 Å². The lowest BCUT2D eigenvalue weighted by atomic mass is 10.1. The van der Waals surface area contributed by atoms with Crippen LogP contribution >= 0.6 is 22.9 Å². The molecule has 6 nitrogen and oxygen atoms in total. The van der Waals surface area contributed by atoms with Crippen LogP contribution in [0.1, 0.15) is 42.9 Å². The number of halogens is 2. The van der Waals surface area contributed by atoms with Gasteiger partial charge in [0.15, 0.2) is 0 Å². The van der Waals surface area contributed by atoms with Crippen molar-refractivity contribution in [3.8, 4) is 0 Å². The summed E-state index contributed by atoms with van der Waals surface area (Å²) in [4.78, 5) is 38.2. The van der Waals surface area contributed by atoms with Crippen LogP contribution in [0.3, 0.4) is 0 Å². The molecule has 2 aromatic carbocycles. The number of nitrogens with one attached hydrogen (secondary N) is 2. The van der Waals surface area contributed by atoms with Gasteiger partial charge in [-0.15, -0.1) is 11.3 Å². The van der Waals surface area contributed by atoms with Gasteiger partial charge in [-0.1, -0.05) is 23.7 Å². The zero-order valence-electron chi connectivity index (χ0n) is 16.6. The fourth-order valence-electron chi connectivity index (χ4n) is 2.83. The van der Waals surface area contributed by atoms with Crippen molar-refractivity contribution < 1.29 is 23.5 Å². The lowest BCUT2D eigenvalue weighted by molar-refractivity contribution is 0.0527. The van der Waals surface area contributed by atoms with Crippen LogP contribution < -0.4 is 10.6 Å². The largest absolute Gasteiger partial charge is 0.462 e. The highest BCUT2D eigenvalue weighted by Crippen LogP contribution is 2.35. The minimum absolute atomic E-state index is 0.0748. The van der Waals surface area contributed by atoms with Crippen molar-refractivity contribution in [1.29, 1.82) is 0 Å². The Bertz CT molecular complexity index is 1160. The lowest BCUT2D eigenvalue weighted by Crippen LogP contribution is -2.15. The Hall–Kier alpha value is -3.23. The van der Waals surface area contributed by atoms with Gasteiger partial charge in [-0.3, -0.25) is 9.59 Å². The van der Waals surface area contributed by atoms with E-state index in [1.54, 1.807) is 38.1 Å². The normalized spacial score (nSPS) is 10.5. The van der Waals surface area contributed by atoms with Gasteiger partial charge in [0.1, 0.15) is 10.8 Å². The molecule has 31 heavy (non-hydrogen) atoms. The first-order chi connectivity index (χ1) is 14.8. The minimum Gasteiger partial charge on any atom is -0.462 e. The molecular formula is C22H18ClFN2O4S. The van der Waals surface area contributed by atoms with E-state index in [2.05, 4.69) is 10.6 Å². The number of hydrogen-bond donors (Lipinski definition) is 2. The van der Waals surface area contributed by atoms with Crippen molar-refractivity contribution in [2.45, 2.75) is 13.8 Å². The summed E-state index contributed by atoms with van der Waals surface area (Å²) >= 11 is 6.88. The molecule has 0 atom stereocenters. The fraction of sp³-hybridized carbons (Fsp3) is 0.136. The molecule has 9 heteroatoms. The Labute approximate surface area is 187 Å². The molecule has 3 rings (SSSR count). The van der Waals surface area contributed by atoms with E-state index in [0.717, 1.165) is 17.4 Å². The van der Waals surface area contributed by atoms with E-state index in [9.17, 15) is 18.8 Å². The smallest absolute Gasteiger partial charge is 0.341 e. The highest BCUT2D eigenvalue weighted by Gasteiger charge is 2.27. The van der Waals surface area contributed by atoms with Crippen LogP contribution in [-0.4, -0.2) is 24.4 Å². The second-order valence-electron chi connectivity index (χ2n) is 6.41. The van der Waals surface area contributed by atoms with E-state index >= 15 is 0 Å². The molecule has 0 spiro atoms. The van der Waals surface area contributed by atoms with E-state index in [-0.39, 0.29) is 27.6 Å². The Balaban J connectivity index is 1.95. The summed E-state index contributed by atoms with van der Waals surface area (Å²) in [5.41, 5.74) is 0.990. The van der Waals surface area contributed by atoms with Gasteiger partial charge in [-0.25, -0.2) is 9.18 Å². The minimum atomic E-state index is -0.674. The van der Waals surface area contributed by atoms with Crippen molar-refractivity contribution in [3.05, 3.63) is 80.9 Å². The fourth-order valence-corrected chi connectivity index (χ4v) is 4.10. The van der Waals surface area contributed by atoms with Crippen LogP contribution in [0.2, 0.25) is 5.02 Å². The number of thiophene rings is 1. The molecule has 0 aliphatic carbocycles. The average molecular weight is 461 g/mol. The van der Waals surface area contributed by atoms with E-state index in [0.29, 0.717) is 16.3 Å². The Morgan fingerprint density at radius 3 is 2.48 bits per heavy atom. The number of amides is 2. The number of benzene rings is 2. The monoisotopic (exact) mass is 460 g/mol. The van der Waals surface area contributed by atoms with Gasteiger partial charge in [0.2, 0.25) is 0 Å².